The molecule has 0 saturated heterocycles. The third-order valence-corrected chi connectivity index (χ3v) is 4.96. The van der Waals surface area contributed by atoms with E-state index in [9.17, 15) is 22.8 Å². The molecule has 178 valence electrons. The molecule has 1 heterocycles. The van der Waals surface area contributed by atoms with E-state index in [1.54, 1.807) is 24.3 Å². The molecule has 11 heteroatoms. The van der Waals surface area contributed by atoms with Crippen molar-refractivity contribution in [3.63, 3.8) is 0 Å². The Morgan fingerprint density at radius 3 is 2.31 bits per heavy atom. The van der Waals surface area contributed by atoms with E-state index in [-0.39, 0.29) is 17.5 Å². The van der Waals surface area contributed by atoms with Crippen LogP contribution in [0.15, 0.2) is 78.9 Å². The quantitative estimate of drug-likeness (QED) is 0.412. The molecule has 4 rings (SSSR count). The number of halogens is 3. The largest absolute Gasteiger partial charge is 0.416 e. The van der Waals surface area contributed by atoms with Gasteiger partial charge in [0.2, 0.25) is 11.7 Å². The van der Waals surface area contributed by atoms with Crippen LogP contribution in [0.2, 0.25) is 0 Å². The predicted octanol–water partition coefficient (Wildman–Crippen LogP) is 3.41. The van der Waals surface area contributed by atoms with Gasteiger partial charge < -0.3 is 0 Å². The van der Waals surface area contributed by atoms with Crippen LogP contribution in [-0.4, -0.2) is 32.0 Å². The number of hydrazine groups is 1. The number of nitrogens with zero attached hydrogens (tertiary/aromatic N) is 4. The number of hydrogen-bond donors (Lipinski definition) is 2. The first-order valence-electron chi connectivity index (χ1n) is 10.5. The molecule has 4 aromatic rings. The molecule has 2 amide bonds. The summed E-state index contributed by atoms with van der Waals surface area (Å²) < 4.78 is 38.4. The van der Waals surface area contributed by atoms with Crippen LogP contribution in [0.25, 0.3) is 11.4 Å². The Morgan fingerprint density at radius 2 is 1.60 bits per heavy atom. The van der Waals surface area contributed by atoms with Crippen LogP contribution in [-0.2, 0) is 23.9 Å². The van der Waals surface area contributed by atoms with Crippen LogP contribution in [0.4, 0.5) is 13.2 Å². The van der Waals surface area contributed by atoms with Crippen LogP contribution in [0.3, 0.4) is 0 Å². The second-order valence-corrected chi connectivity index (χ2v) is 7.58. The monoisotopic (exact) mass is 480 g/mol. The van der Waals surface area contributed by atoms with E-state index in [1.807, 2.05) is 30.3 Å². The van der Waals surface area contributed by atoms with Crippen molar-refractivity contribution in [3.8, 4) is 11.4 Å². The summed E-state index contributed by atoms with van der Waals surface area (Å²) in [6.45, 7) is 0.343. The van der Waals surface area contributed by atoms with Crippen molar-refractivity contribution in [2.24, 2.45) is 0 Å². The molecule has 0 unspecified atom stereocenters. The van der Waals surface area contributed by atoms with Gasteiger partial charge in [0.25, 0.3) is 5.91 Å². The zero-order valence-corrected chi connectivity index (χ0v) is 18.2. The molecule has 0 saturated carbocycles. The summed E-state index contributed by atoms with van der Waals surface area (Å²) in [5.41, 5.74) is 5.75. The lowest BCUT2D eigenvalue weighted by molar-refractivity contribution is -0.137. The fraction of sp³-hybridized carbons (Fsp3) is 0.125. The summed E-state index contributed by atoms with van der Waals surface area (Å²) in [6, 6.07) is 20.4. The van der Waals surface area contributed by atoms with Gasteiger partial charge in [0, 0.05) is 11.1 Å². The fourth-order valence-corrected chi connectivity index (χ4v) is 3.22. The van der Waals surface area contributed by atoms with E-state index in [0.29, 0.717) is 12.4 Å². The smallest absolute Gasteiger partial charge is 0.273 e. The lowest BCUT2D eigenvalue weighted by Crippen LogP contribution is -2.42. The number of amides is 2. The molecule has 0 bridgehead atoms. The Morgan fingerprint density at radius 1 is 0.857 bits per heavy atom. The summed E-state index contributed by atoms with van der Waals surface area (Å²) in [7, 11) is 0. The molecule has 0 fully saturated rings. The number of benzene rings is 3. The predicted molar refractivity (Wildman–Crippen MR) is 120 cm³/mol. The normalized spacial score (nSPS) is 11.2. The van der Waals surface area contributed by atoms with Crippen molar-refractivity contribution in [2.45, 2.75) is 19.1 Å². The Kier molecular flexibility index (Phi) is 6.86. The number of carbonyl (C=O) groups excluding carboxylic acids is 2. The topological polar surface area (TPSA) is 102 Å². The highest BCUT2D eigenvalue weighted by molar-refractivity contribution is 5.95. The van der Waals surface area contributed by atoms with E-state index in [4.69, 9.17) is 0 Å². The van der Waals surface area contributed by atoms with E-state index in [2.05, 4.69) is 26.3 Å². The third kappa shape index (κ3) is 6.28. The summed E-state index contributed by atoms with van der Waals surface area (Å²) in [6.07, 6.45) is -4.82. The van der Waals surface area contributed by atoms with Crippen LogP contribution in [0.5, 0.6) is 0 Å². The molecular formula is C24H19F3N6O2. The van der Waals surface area contributed by atoms with Crippen molar-refractivity contribution in [3.05, 3.63) is 101 Å². The van der Waals surface area contributed by atoms with Crippen LogP contribution in [0.1, 0.15) is 27.0 Å². The van der Waals surface area contributed by atoms with Gasteiger partial charge in [-0.15, -0.1) is 10.2 Å². The Balaban J connectivity index is 1.29. The average molecular weight is 480 g/mol. The molecule has 0 spiro atoms. The highest BCUT2D eigenvalue weighted by Crippen LogP contribution is 2.29. The summed E-state index contributed by atoms with van der Waals surface area (Å²) >= 11 is 0. The number of tetrazole rings is 1. The first-order chi connectivity index (χ1) is 16.8. The second kappa shape index (κ2) is 10.2. The van der Waals surface area contributed by atoms with E-state index in [0.717, 1.165) is 23.3 Å². The van der Waals surface area contributed by atoms with Gasteiger partial charge in [0.15, 0.2) is 0 Å². The number of carbonyl (C=O) groups is 2. The highest BCUT2D eigenvalue weighted by Gasteiger charge is 2.30. The van der Waals surface area contributed by atoms with Gasteiger partial charge in [-0.05, 0) is 34.5 Å². The van der Waals surface area contributed by atoms with Crippen molar-refractivity contribution in [1.82, 2.24) is 31.1 Å². The van der Waals surface area contributed by atoms with Crippen molar-refractivity contribution < 1.29 is 22.8 Å². The minimum atomic E-state index is -4.50. The highest BCUT2D eigenvalue weighted by atomic mass is 19.4. The maximum atomic E-state index is 12.8. The molecule has 8 nitrogen and oxygen atoms in total. The van der Waals surface area contributed by atoms with E-state index < -0.39 is 23.6 Å². The maximum Gasteiger partial charge on any atom is 0.416 e. The number of hydrogen-bond acceptors (Lipinski definition) is 5. The van der Waals surface area contributed by atoms with Crippen molar-refractivity contribution in [2.75, 3.05) is 0 Å². The number of rotatable bonds is 6. The van der Waals surface area contributed by atoms with Gasteiger partial charge in [-0.25, -0.2) is 0 Å². The third-order valence-electron chi connectivity index (χ3n) is 4.96. The number of nitrogens with one attached hydrogen (secondary N) is 2. The Labute approximate surface area is 197 Å². The lowest BCUT2D eigenvalue weighted by atomic mass is 10.1. The molecule has 0 aliphatic carbocycles. The average Bonchev–Trinajstić information content (AvgIpc) is 3.32. The van der Waals surface area contributed by atoms with Crippen LogP contribution < -0.4 is 10.9 Å². The maximum absolute atomic E-state index is 12.8. The number of alkyl halides is 3. The molecular weight excluding hydrogens is 461 g/mol. The molecule has 35 heavy (non-hydrogen) atoms. The molecule has 1 aromatic heterocycles. The minimum absolute atomic E-state index is 0.174. The van der Waals surface area contributed by atoms with E-state index in [1.165, 1.54) is 16.9 Å². The standard InChI is InChI=1S/C24H19F3N6O2/c25-24(26,27)20-8-4-5-17(13-20)14-21(34)28-30-23(35)19-11-9-16(10-12-19)15-33-31-22(29-32-33)18-6-2-1-3-7-18/h1-13H,14-15H2,(H,28,34)(H,30,35). The van der Waals surface area contributed by atoms with Gasteiger partial charge in [0.1, 0.15) is 0 Å². The molecule has 0 aliphatic heterocycles. The van der Waals surface area contributed by atoms with Gasteiger partial charge in [-0.3, -0.25) is 20.4 Å². The van der Waals surface area contributed by atoms with Gasteiger partial charge in [0.05, 0.1) is 18.5 Å². The Bertz CT molecular complexity index is 1320. The van der Waals surface area contributed by atoms with Gasteiger partial charge in [-0.1, -0.05) is 60.7 Å². The lowest BCUT2D eigenvalue weighted by Gasteiger charge is -2.10. The second-order valence-electron chi connectivity index (χ2n) is 7.58. The van der Waals surface area contributed by atoms with E-state index >= 15 is 0 Å². The Hall–Kier alpha value is -4.54. The molecule has 0 aliphatic rings. The molecule has 3 aromatic carbocycles. The van der Waals surface area contributed by atoms with Crippen molar-refractivity contribution in [1.29, 1.82) is 0 Å². The molecule has 2 N–H and O–H groups in total. The summed E-state index contributed by atoms with van der Waals surface area (Å²) in [5.74, 6) is -0.720. The zero-order valence-electron chi connectivity index (χ0n) is 18.2. The minimum Gasteiger partial charge on any atom is -0.273 e. The number of aromatic nitrogens is 4. The first kappa shape index (κ1) is 23.6. The first-order valence-corrected chi connectivity index (χ1v) is 10.5. The van der Waals surface area contributed by atoms with Gasteiger partial charge in [-0.2, -0.15) is 18.0 Å². The van der Waals surface area contributed by atoms with Crippen LogP contribution in [0, 0.1) is 0 Å². The zero-order chi connectivity index (χ0) is 24.8. The fourth-order valence-electron chi connectivity index (χ4n) is 3.22. The van der Waals surface area contributed by atoms with Crippen LogP contribution >= 0.6 is 0 Å². The summed E-state index contributed by atoms with van der Waals surface area (Å²) in [4.78, 5) is 25.8. The van der Waals surface area contributed by atoms with Gasteiger partial charge >= 0.3 is 6.18 Å². The molecule has 0 atom stereocenters. The summed E-state index contributed by atoms with van der Waals surface area (Å²) in [5, 5.41) is 12.4. The SMILES string of the molecule is O=C(Cc1cccc(C(F)(F)F)c1)NNC(=O)c1ccc(Cn2nnc(-c3ccccc3)n2)cc1. The molecule has 0 radical (unpaired) electrons. The van der Waals surface area contributed by atoms with Crippen molar-refractivity contribution >= 4 is 11.8 Å².